The van der Waals surface area contributed by atoms with E-state index >= 15 is 0 Å². The number of thiocarbonyl (C=S) groups is 1. The number of hydrogen-bond donors (Lipinski definition) is 1. The lowest BCUT2D eigenvalue weighted by Crippen LogP contribution is -2.62. The molecule has 1 aliphatic heterocycles. The summed E-state index contributed by atoms with van der Waals surface area (Å²) in [7, 11) is 0. The van der Waals surface area contributed by atoms with Gasteiger partial charge in [0.25, 0.3) is 5.17 Å². The van der Waals surface area contributed by atoms with Gasteiger partial charge in [0.05, 0.1) is 0 Å². The molecule has 0 saturated carbocycles. The molecule has 1 heterocycles. The van der Waals surface area contributed by atoms with Crippen LogP contribution in [0, 0.1) is 17.2 Å². The molecule has 0 aromatic heterocycles. The second-order valence-corrected chi connectivity index (χ2v) is 4.55. The smallest absolute Gasteiger partial charge is 0.258 e. The van der Waals surface area contributed by atoms with Gasteiger partial charge in [0, 0.05) is 11.5 Å². The molecule has 13 heavy (non-hydrogen) atoms. The van der Waals surface area contributed by atoms with Crippen molar-refractivity contribution in [3.8, 4) is 6.07 Å². The van der Waals surface area contributed by atoms with Gasteiger partial charge in [0.2, 0.25) is 0 Å². The molecule has 4 heteroatoms. The number of nitrogens with one attached hydrogen (secondary N) is 1. The van der Waals surface area contributed by atoms with Crippen LogP contribution in [0.4, 0.5) is 0 Å². The van der Waals surface area contributed by atoms with Gasteiger partial charge < -0.3 is 10.1 Å². The van der Waals surface area contributed by atoms with E-state index in [0.717, 1.165) is 0 Å². The average Bonchev–Trinajstić information content (AvgIpc) is 1.99. The number of nitriles is 1. The zero-order valence-corrected chi connectivity index (χ0v) is 9.16. The third-order valence-electron chi connectivity index (χ3n) is 2.86. The highest BCUT2D eigenvalue weighted by atomic mass is 32.1. The lowest BCUT2D eigenvalue weighted by Gasteiger charge is -2.46. The number of hydrogen-bond acceptors (Lipinski definition) is 3. The highest BCUT2D eigenvalue weighted by Gasteiger charge is 2.47. The maximum absolute atomic E-state index is 9.01. The SMILES string of the molecule is C[C@@H]1C(C)(C)NC(=S)O[C@@]1(C)C#N. The number of ether oxygens (including phenoxy) is 1. The van der Waals surface area contributed by atoms with Crippen molar-refractivity contribution in [2.45, 2.75) is 38.8 Å². The summed E-state index contributed by atoms with van der Waals surface area (Å²) in [6.07, 6.45) is 0. The van der Waals surface area contributed by atoms with Crippen LogP contribution in [0.15, 0.2) is 0 Å². The minimum atomic E-state index is -0.814. The Bertz CT molecular complexity index is 282. The highest BCUT2D eigenvalue weighted by Crippen LogP contribution is 2.34. The summed E-state index contributed by atoms with van der Waals surface area (Å²) in [6, 6.07) is 2.17. The third kappa shape index (κ3) is 1.61. The maximum Gasteiger partial charge on any atom is 0.258 e. The minimum absolute atomic E-state index is 0.0803. The Hall–Kier alpha value is -0.820. The molecule has 0 radical (unpaired) electrons. The van der Waals surface area contributed by atoms with Gasteiger partial charge in [0.15, 0.2) is 5.60 Å². The molecule has 1 N–H and O–H groups in total. The predicted molar refractivity (Wildman–Crippen MR) is 54.1 cm³/mol. The highest BCUT2D eigenvalue weighted by molar-refractivity contribution is 7.80. The molecular weight excluding hydrogens is 184 g/mol. The van der Waals surface area contributed by atoms with Crippen LogP contribution in [0.1, 0.15) is 27.7 Å². The van der Waals surface area contributed by atoms with Crippen molar-refractivity contribution in [1.29, 1.82) is 5.26 Å². The molecule has 3 nitrogen and oxygen atoms in total. The molecule has 1 rings (SSSR count). The van der Waals surface area contributed by atoms with Crippen molar-refractivity contribution in [2.24, 2.45) is 5.92 Å². The van der Waals surface area contributed by atoms with E-state index in [1.54, 1.807) is 6.92 Å². The van der Waals surface area contributed by atoms with Crippen LogP contribution in [0.3, 0.4) is 0 Å². The monoisotopic (exact) mass is 198 g/mol. The van der Waals surface area contributed by atoms with Crippen LogP contribution in [0.2, 0.25) is 0 Å². The van der Waals surface area contributed by atoms with Gasteiger partial charge in [-0.2, -0.15) is 5.26 Å². The van der Waals surface area contributed by atoms with Crippen LogP contribution in [-0.2, 0) is 4.74 Å². The van der Waals surface area contributed by atoms with E-state index in [0.29, 0.717) is 5.17 Å². The normalized spacial score (nSPS) is 37.2. The fourth-order valence-corrected chi connectivity index (χ4v) is 1.92. The first-order valence-corrected chi connectivity index (χ1v) is 4.65. The van der Waals surface area contributed by atoms with E-state index in [4.69, 9.17) is 22.2 Å². The molecule has 0 aromatic rings. The van der Waals surface area contributed by atoms with Gasteiger partial charge in [-0.1, -0.05) is 6.92 Å². The van der Waals surface area contributed by atoms with Gasteiger partial charge in [-0.05, 0) is 33.0 Å². The molecule has 1 saturated heterocycles. The Morgan fingerprint density at radius 2 is 2.08 bits per heavy atom. The fraction of sp³-hybridized carbons (Fsp3) is 0.778. The van der Waals surface area contributed by atoms with Crippen molar-refractivity contribution < 1.29 is 4.74 Å². The molecule has 0 aliphatic carbocycles. The van der Waals surface area contributed by atoms with Crippen LogP contribution in [0.25, 0.3) is 0 Å². The summed E-state index contributed by atoms with van der Waals surface area (Å²) in [6.45, 7) is 7.79. The summed E-state index contributed by atoms with van der Waals surface area (Å²) >= 11 is 4.94. The van der Waals surface area contributed by atoms with Crippen molar-refractivity contribution in [1.82, 2.24) is 5.32 Å². The minimum Gasteiger partial charge on any atom is -0.449 e. The van der Waals surface area contributed by atoms with Crippen molar-refractivity contribution in [3.63, 3.8) is 0 Å². The van der Waals surface area contributed by atoms with E-state index in [2.05, 4.69) is 11.4 Å². The Kier molecular flexibility index (Phi) is 2.25. The Balaban J connectivity index is 3.03. The predicted octanol–water partition coefficient (Wildman–Crippen LogP) is 1.59. The molecule has 0 amide bonds. The first-order chi connectivity index (χ1) is 5.82. The first kappa shape index (κ1) is 10.3. The second-order valence-electron chi connectivity index (χ2n) is 4.18. The largest absolute Gasteiger partial charge is 0.449 e. The lowest BCUT2D eigenvalue weighted by molar-refractivity contribution is 0.00228. The van der Waals surface area contributed by atoms with Gasteiger partial charge in [-0.3, -0.25) is 0 Å². The van der Waals surface area contributed by atoms with Gasteiger partial charge in [-0.25, -0.2) is 0 Å². The Labute approximate surface area is 84.1 Å². The average molecular weight is 198 g/mol. The fourth-order valence-electron chi connectivity index (χ4n) is 1.49. The number of nitrogens with zero attached hydrogens (tertiary/aromatic N) is 1. The molecule has 0 bridgehead atoms. The van der Waals surface area contributed by atoms with E-state index in [1.165, 1.54) is 0 Å². The van der Waals surface area contributed by atoms with E-state index in [-0.39, 0.29) is 11.5 Å². The van der Waals surface area contributed by atoms with Crippen LogP contribution >= 0.6 is 12.2 Å². The van der Waals surface area contributed by atoms with Gasteiger partial charge >= 0.3 is 0 Å². The van der Waals surface area contributed by atoms with Gasteiger partial charge in [-0.15, -0.1) is 0 Å². The Morgan fingerprint density at radius 1 is 1.54 bits per heavy atom. The van der Waals surface area contributed by atoms with Gasteiger partial charge in [0.1, 0.15) is 6.07 Å². The van der Waals surface area contributed by atoms with Crippen LogP contribution < -0.4 is 5.32 Å². The lowest BCUT2D eigenvalue weighted by atomic mass is 9.76. The Morgan fingerprint density at radius 3 is 2.54 bits per heavy atom. The standard InChI is InChI=1S/C9H14N2OS/c1-6-8(2,3)11-7(13)12-9(6,4)5-10/h6H,1-4H3,(H,11,13)/t6-,9+/m1/s1. The topological polar surface area (TPSA) is 45.0 Å². The molecule has 72 valence electrons. The van der Waals surface area contributed by atoms with E-state index < -0.39 is 5.60 Å². The van der Waals surface area contributed by atoms with Crippen LogP contribution in [0.5, 0.6) is 0 Å². The zero-order valence-electron chi connectivity index (χ0n) is 8.34. The summed E-state index contributed by atoms with van der Waals surface area (Å²) in [5.41, 5.74) is -1.01. The molecule has 0 spiro atoms. The second kappa shape index (κ2) is 2.85. The molecule has 2 atom stereocenters. The van der Waals surface area contributed by atoms with Crippen molar-refractivity contribution in [2.75, 3.05) is 0 Å². The first-order valence-electron chi connectivity index (χ1n) is 4.24. The summed E-state index contributed by atoms with van der Waals surface area (Å²) in [4.78, 5) is 0. The van der Waals surface area contributed by atoms with E-state index in [1.807, 2.05) is 20.8 Å². The number of rotatable bonds is 0. The molecule has 0 unspecified atom stereocenters. The van der Waals surface area contributed by atoms with Crippen molar-refractivity contribution >= 4 is 17.4 Å². The summed E-state index contributed by atoms with van der Waals surface area (Å²) < 4.78 is 5.33. The summed E-state index contributed by atoms with van der Waals surface area (Å²) in [5.74, 6) is 0.0803. The molecular formula is C9H14N2OS. The van der Waals surface area contributed by atoms with E-state index in [9.17, 15) is 0 Å². The van der Waals surface area contributed by atoms with Crippen molar-refractivity contribution in [3.05, 3.63) is 0 Å². The summed E-state index contributed by atoms with van der Waals surface area (Å²) in [5, 5.41) is 12.4. The third-order valence-corrected chi connectivity index (χ3v) is 3.05. The zero-order chi connectivity index (χ0) is 10.3. The molecule has 0 aromatic carbocycles. The quantitative estimate of drug-likeness (QED) is 0.600. The molecule has 1 fully saturated rings. The maximum atomic E-state index is 9.01. The van der Waals surface area contributed by atoms with Crippen LogP contribution in [-0.4, -0.2) is 16.3 Å². The molecule has 1 aliphatic rings.